The summed E-state index contributed by atoms with van der Waals surface area (Å²) >= 11 is 0. The lowest BCUT2D eigenvalue weighted by Gasteiger charge is -2.16. The minimum absolute atomic E-state index is 0.00535. The van der Waals surface area contributed by atoms with Gasteiger partial charge in [0, 0.05) is 24.6 Å². The molecule has 0 spiro atoms. The van der Waals surface area contributed by atoms with E-state index in [0.717, 1.165) is 47.1 Å². The monoisotopic (exact) mass is 572 g/mol. The van der Waals surface area contributed by atoms with E-state index in [1.165, 1.54) is 12.1 Å². The Morgan fingerprint density at radius 1 is 0.881 bits per heavy atom. The summed E-state index contributed by atoms with van der Waals surface area (Å²) in [7, 11) is 1.78. The number of carbonyl (C=O) groups excluding carboxylic acids is 1. The second-order valence-corrected chi connectivity index (χ2v) is 11.2. The molecule has 0 bridgehead atoms. The summed E-state index contributed by atoms with van der Waals surface area (Å²) in [6, 6.07) is 22.0. The highest BCUT2D eigenvalue weighted by Crippen LogP contribution is 2.35. The summed E-state index contributed by atoms with van der Waals surface area (Å²) in [5.41, 5.74) is 4.22. The molecule has 1 fully saturated rings. The average Bonchev–Trinajstić information content (AvgIpc) is 3.42. The molecule has 1 saturated carbocycles. The van der Waals surface area contributed by atoms with Gasteiger partial charge in [-0.15, -0.1) is 0 Å². The van der Waals surface area contributed by atoms with Crippen LogP contribution in [0.2, 0.25) is 0 Å². The van der Waals surface area contributed by atoms with Crippen molar-refractivity contribution in [1.29, 1.82) is 0 Å². The lowest BCUT2D eigenvalue weighted by atomic mass is 9.93. The third-order valence-corrected chi connectivity index (χ3v) is 8.42. The number of rotatable bonds is 5. The van der Waals surface area contributed by atoms with Gasteiger partial charge in [0.25, 0.3) is 0 Å². The fourth-order valence-electron chi connectivity index (χ4n) is 6.10. The molecule has 6 nitrogen and oxygen atoms in total. The number of halogens is 3. The van der Waals surface area contributed by atoms with Crippen LogP contribution in [0.3, 0.4) is 0 Å². The second-order valence-electron chi connectivity index (χ2n) is 11.2. The lowest BCUT2D eigenvalue weighted by Crippen LogP contribution is -2.26. The Hall–Kier alpha value is -4.40. The Kier molecular flexibility index (Phi) is 7.12. The first-order valence-corrected chi connectivity index (χ1v) is 14.2. The molecule has 2 unspecified atom stereocenters. The van der Waals surface area contributed by atoms with Gasteiger partial charge in [-0.05, 0) is 75.1 Å². The number of fused-ring (bicyclic) bond motifs is 1. The van der Waals surface area contributed by atoms with Gasteiger partial charge >= 0.3 is 11.9 Å². The summed E-state index contributed by atoms with van der Waals surface area (Å²) in [5.74, 6) is -0.345. The number of hydrogen-bond acceptors (Lipinski definition) is 3. The average molecular weight is 573 g/mol. The maximum atomic E-state index is 13.8. The Morgan fingerprint density at radius 2 is 1.57 bits per heavy atom. The van der Waals surface area contributed by atoms with Crippen molar-refractivity contribution in [2.45, 2.75) is 51.2 Å². The first kappa shape index (κ1) is 27.8. The normalized spacial score (nSPS) is 17.8. The molecule has 0 aliphatic heterocycles. The molecule has 3 aromatic carbocycles. The zero-order valence-electron chi connectivity index (χ0n) is 23.4. The number of imidazole rings is 1. The van der Waals surface area contributed by atoms with Crippen LogP contribution in [-0.4, -0.2) is 24.7 Å². The molecule has 9 heteroatoms. The van der Waals surface area contributed by atoms with Crippen LogP contribution in [0.25, 0.3) is 28.0 Å². The molecular weight excluding hydrogens is 541 g/mol. The first-order valence-electron chi connectivity index (χ1n) is 14.2. The summed E-state index contributed by atoms with van der Waals surface area (Å²) in [6.07, 6.45) is -0.867. The molecule has 2 heterocycles. The van der Waals surface area contributed by atoms with Crippen LogP contribution < -0.4 is 5.69 Å². The summed E-state index contributed by atoms with van der Waals surface area (Å²) in [4.78, 5) is 27.0. The number of Topliss-reactive ketones (excluding diaryl/α,β-unsaturated/α-hetero) is 1. The van der Waals surface area contributed by atoms with Crippen LogP contribution in [0.4, 0.5) is 13.2 Å². The summed E-state index contributed by atoms with van der Waals surface area (Å²) < 4.78 is 44.7. The maximum Gasteiger partial charge on any atom is 0.416 e. The van der Waals surface area contributed by atoms with E-state index < -0.39 is 11.7 Å². The van der Waals surface area contributed by atoms with E-state index >= 15 is 0 Å². The Bertz CT molecular complexity index is 1810. The minimum atomic E-state index is -4.45. The SMILES string of the molecule is Cc1ccc(-c2cc(C(=O)C3CCCC(n4c(=O)n(C)c5ccccc54)CC3)nn2-c2ccc(C(F)(F)F)cc2)cc1. The van der Waals surface area contributed by atoms with Gasteiger partial charge in [-0.25, -0.2) is 9.48 Å². The highest BCUT2D eigenvalue weighted by Gasteiger charge is 2.31. The smallest absolute Gasteiger partial charge is 0.295 e. The number of benzene rings is 3. The Balaban J connectivity index is 1.30. The van der Waals surface area contributed by atoms with Crippen molar-refractivity contribution in [2.75, 3.05) is 0 Å². The van der Waals surface area contributed by atoms with Gasteiger partial charge in [-0.3, -0.25) is 13.9 Å². The molecule has 5 aromatic rings. The van der Waals surface area contributed by atoms with E-state index in [1.54, 1.807) is 22.4 Å². The van der Waals surface area contributed by atoms with Gasteiger partial charge in [0.05, 0.1) is 28.0 Å². The fraction of sp³-hybridized carbons (Fsp3) is 0.303. The highest BCUT2D eigenvalue weighted by molar-refractivity contribution is 5.97. The molecule has 216 valence electrons. The number of aryl methyl sites for hydroxylation is 2. The quantitative estimate of drug-likeness (QED) is 0.162. The van der Waals surface area contributed by atoms with Crippen LogP contribution in [-0.2, 0) is 13.2 Å². The van der Waals surface area contributed by atoms with Gasteiger partial charge in [0.1, 0.15) is 5.69 Å². The van der Waals surface area contributed by atoms with Gasteiger partial charge in [-0.1, -0.05) is 48.4 Å². The molecule has 1 aliphatic carbocycles. The van der Waals surface area contributed by atoms with Gasteiger partial charge in [0.15, 0.2) is 5.78 Å². The van der Waals surface area contributed by atoms with Crippen molar-refractivity contribution in [3.05, 3.63) is 106 Å². The third-order valence-electron chi connectivity index (χ3n) is 8.42. The number of aromatic nitrogens is 4. The van der Waals surface area contributed by atoms with Crippen molar-refractivity contribution in [2.24, 2.45) is 13.0 Å². The zero-order chi connectivity index (χ0) is 29.6. The molecule has 1 aliphatic rings. The molecule has 0 radical (unpaired) electrons. The van der Waals surface area contributed by atoms with E-state index in [4.69, 9.17) is 0 Å². The van der Waals surface area contributed by atoms with E-state index in [9.17, 15) is 22.8 Å². The minimum Gasteiger partial charge on any atom is -0.295 e. The molecule has 42 heavy (non-hydrogen) atoms. The summed E-state index contributed by atoms with van der Waals surface area (Å²) in [6.45, 7) is 1.97. The first-order chi connectivity index (χ1) is 20.1. The van der Waals surface area contributed by atoms with Crippen LogP contribution in [0, 0.1) is 12.8 Å². The standard InChI is InChI=1S/C33H31F3N4O2/c1-21-10-12-22(13-11-21)30-20-27(37-40(30)26-18-15-24(16-19-26)33(34,35)36)31(41)23-6-5-7-25(17-14-23)39-29-9-4-3-8-28(29)38(2)32(39)42/h3-4,8-13,15-16,18-20,23,25H,5-7,14,17H2,1-2H3. The van der Waals surface area contributed by atoms with Crippen LogP contribution in [0.15, 0.2) is 83.7 Å². The number of para-hydroxylation sites is 2. The molecule has 0 amide bonds. The molecule has 2 atom stereocenters. The van der Waals surface area contributed by atoms with Crippen molar-refractivity contribution < 1.29 is 18.0 Å². The Morgan fingerprint density at radius 3 is 2.26 bits per heavy atom. The molecule has 0 saturated heterocycles. The van der Waals surface area contributed by atoms with Gasteiger partial charge in [-0.2, -0.15) is 18.3 Å². The topological polar surface area (TPSA) is 61.8 Å². The largest absolute Gasteiger partial charge is 0.416 e. The molecule has 0 N–H and O–H groups in total. The Labute approximate surface area is 241 Å². The highest BCUT2D eigenvalue weighted by atomic mass is 19.4. The van der Waals surface area contributed by atoms with Crippen molar-refractivity contribution in [3.8, 4) is 16.9 Å². The molecule has 6 rings (SSSR count). The molecular formula is C33H31F3N4O2. The second kappa shape index (κ2) is 10.8. The van der Waals surface area contributed by atoms with E-state index in [2.05, 4.69) is 5.10 Å². The van der Waals surface area contributed by atoms with Gasteiger partial charge < -0.3 is 0 Å². The molecule has 2 aromatic heterocycles. The zero-order valence-corrected chi connectivity index (χ0v) is 23.4. The van der Waals surface area contributed by atoms with Crippen molar-refractivity contribution in [3.63, 3.8) is 0 Å². The van der Waals surface area contributed by atoms with Crippen LogP contribution >= 0.6 is 0 Å². The lowest BCUT2D eigenvalue weighted by molar-refractivity contribution is -0.137. The number of carbonyl (C=O) groups is 1. The van der Waals surface area contributed by atoms with Crippen molar-refractivity contribution in [1.82, 2.24) is 18.9 Å². The number of hydrogen-bond donors (Lipinski definition) is 0. The van der Waals surface area contributed by atoms with E-state index in [1.807, 2.05) is 60.0 Å². The third kappa shape index (κ3) is 5.08. The fourth-order valence-corrected chi connectivity index (χ4v) is 6.10. The predicted octanol–water partition coefficient (Wildman–Crippen LogP) is 7.52. The van der Waals surface area contributed by atoms with Crippen LogP contribution in [0.5, 0.6) is 0 Å². The summed E-state index contributed by atoms with van der Waals surface area (Å²) in [5, 5.41) is 4.64. The predicted molar refractivity (Wildman–Crippen MR) is 156 cm³/mol. The van der Waals surface area contributed by atoms with Crippen molar-refractivity contribution >= 4 is 16.8 Å². The van der Waals surface area contributed by atoms with E-state index in [-0.39, 0.29) is 29.1 Å². The number of ketones is 1. The van der Waals surface area contributed by atoms with E-state index in [0.29, 0.717) is 30.6 Å². The maximum absolute atomic E-state index is 13.8. The van der Waals surface area contributed by atoms with Crippen LogP contribution in [0.1, 0.15) is 59.8 Å². The van der Waals surface area contributed by atoms with Gasteiger partial charge in [0.2, 0.25) is 0 Å². The number of alkyl halides is 3. The number of nitrogens with zero attached hydrogens (tertiary/aromatic N) is 4.